The van der Waals surface area contributed by atoms with Crippen molar-refractivity contribution >= 4 is 17.9 Å². The number of amides is 3. The monoisotopic (exact) mass is 477 g/mol. The van der Waals surface area contributed by atoms with Gasteiger partial charge in [0.05, 0.1) is 0 Å². The highest BCUT2D eigenvalue weighted by molar-refractivity contribution is 5.92. The predicted octanol–water partition coefficient (Wildman–Crippen LogP) is 4.45. The number of hydrogen-bond donors (Lipinski definition) is 3. The van der Waals surface area contributed by atoms with Gasteiger partial charge in [-0.05, 0) is 69.7 Å². The van der Waals surface area contributed by atoms with Gasteiger partial charge < -0.3 is 25.4 Å². The third-order valence-corrected chi connectivity index (χ3v) is 5.28. The van der Waals surface area contributed by atoms with Gasteiger partial charge in [-0.3, -0.25) is 9.59 Å². The fourth-order valence-corrected chi connectivity index (χ4v) is 3.54. The third-order valence-electron chi connectivity index (χ3n) is 5.28. The first-order chi connectivity index (χ1) is 15.8. The van der Waals surface area contributed by atoms with Gasteiger partial charge in [-0.1, -0.05) is 40.2 Å². The summed E-state index contributed by atoms with van der Waals surface area (Å²) in [5, 5.41) is 15.6. The summed E-state index contributed by atoms with van der Waals surface area (Å²) in [6.45, 7) is 15.5. The lowest BCUT2D eigenvalue weighted by Gasteiger charge is -2.35. The minimum Gasteiger partial charge on any atom is -0.508 e. The maximum absolute atomic E-state index is 13.8. The molecule has 8 heteroatoms. The molecule has 2 atom stereocenters. The van der Waals surface area contributed by atoms with Gasteiger partial charge in [-0.15, -0.1) is 0 Å². The maximum Gasteiger partial charge on any atom is 0.408 e. The number of aromatic hydroxyl groups is 1. The molecule has 0 fully saturated rings. The lowest BCUT2D eigenvalue weighted by atomic mass is 9.97. The number of carbonyl (C=O) groups excluding carboxylic acids is 3. The van der Waals surface area contributed by atoms with Gasteiger partial charge in [0.2, 0.25) is 11.8 Å². The summed E-state index contributed by atoms with van der Waals surface area (Å²) in [4.78, 5) is 41.2. The third kappa shape index (κ3) is 8.88. The zero-order valence-corrected chi connectivity index (χ0v) is 22.0. The van der Waals surface area contributed by atoms with Crippen LogP contribution in [0.4, 0.5) is 4.79 Å². The molecule has 0 radical (unpaired) electrons. The van der Waals surface area contributed by atoms with E-state index in [-0.39, 0.29) is 23.5 Å². The van der Waals surface area contributed by atoms with E-state index in [0.29, 0.717) is 30.6 Å². The van der Waals surface area contributed by atoms with Crippen molar-refractivity contribution < 1.29 is 24.2 Å². The van der Waals surface area contributed by atoms with Gasteiger partial charge in [0.25, 0.3) is 0 Å². The Kier molecular flexibility index (Phi) is 11.4. The van der Waals surface area contributed by atoms with Gasteiger partial charge >= 0.3 is 6.09 Å². The van der Waals surface area contributed by atoms with Crippen LogP contribution >= 0.6 is 0 Å². The van der Waals surface area contributed by atoms with Crippen molar-refractivity contribution in [2.45, 2.75) is 92.3 Å². The van der Waals surface area contributed by atoms with Crippen LogP contribution < -0.4 is 10.6 Å². The van der Waals surface area contributed by atoms with Crippen LogP contribution in [0.2, 0.25) is 0 Å². The van der Waals surface area contributed by atoms with E-state index in [1.165, 1.54) is 11.0 Å². The number of benzene rings is 1. The first-order valence-electron chi connectivity index (χ1n) is 12.2. The van der Waals surface area contributed by atoms with Crippen molar-refractivity contribution in [3.05, 3.63) is 29.3 Å². The summed E-state index contributed by atoms with van der Waals surface area (Å²) < 4.78 is 5.37. The predicted molar refractivity (Wildman–Crippen MR) is 134 cm³/mol. The standard InChI is InChI=1S/C26H43N3O5/c1-9-11-14-27-23(31)22(19-12-13-20(30)18(5)16-19)29(15-10-2)24(32)21(17(3)4)28-25(33)34-26(6,7)8/h12-13,16-17,21-22,30H,9-11,14-15H2,1-8H3,(H,27,31)(H,28,33). The van der Waals surface area contributed by atoms with Crippen molar-refractivity contribution in [1.82, 2.24) is 15.5 Å². The molecule has 0 aliphatic carbocycles. The molecular formula is C26H43N3O5. The Morgan fingerprint density at radius 1 is 1.12 bits per heavy atom. The summed E-state index contributed by atoms with van der Waals surface area (Å²) in [5.41, 5.74) is 0.508. The molecule has 192 valence electrons. The number of phenols is 1. The normalized spacial score (nSPS) is 13.2. The number of carbonyl (C=O) groups is 3. The molecule has 1 rings (SSSR count). The van der Waals surface area contributed by atoms with E-state index in [2.05, 4.69) is 10.6 Å². The molecule has 34 heavy (non-hydrogen) atoms. The van der Waals surface area contributed by atoms with Gasteiger partial charge in [-0.2, -0.15) is 0 Å². The molecule has 0 aliphatic rings. The fourth-order valence-electron chi connectivity index (χ4n) is 3.54. The molecular weight excluding hydrogens is 434 g/mol. The Hall–Kier alpha value is -2.77. The van der Waals surface area contributed by atoms with Crippen molar-refractivity contribution in [1.29, 1.82) is 0 Å². The minimum atomic E-state index is -0.898. The van der Waals surface area contributed by atoms with Crippen LogP contribution in [0.15, 0.2) is 18.2 Å². The SMILES string of the molecule is CCCCNC(=O)C(c1ccc(O)c(C)c1)N(CCC)C(=O)C(NC(=O)OC(C)(C)C)C(C)C. The molecule has 0 saturated carbocycles. The van der Waals surface area contributed by atoms with Gasteiger partial charge in [0.1, 0.15) is 23.4 Å². The number of nitrogens with one attached hydrogen (secondary N) is 2. The summed E-state index contributed by atoms with van der Waals surface area (Å²) in [6, 6.07) is 3.15. The van der Waals surface area contributed by atoms with Gasteiger partial charge in [0.15, 0.2) is 0 Å². The number of unbranched alkanes of at least 4 members (excludes halogenated alkanes) is 1. The van der Waals surface area contributed by atoms with E-state index in [4.69, 9.17) is 4.74 Å². The van der Waals surface area contributed by atoms with Crippen LogP contribution in [-0.4, -0.2) is 52.6 Å². The zero-order valence-electron chi connectivity index (χ0n) is 22.0. The fraction of sp³-hybridized carbons (Fsp3) is 0.654. The quantitative estimate of drug-likeness (QED) is 0.408. The van der Waals surface area contributed by atoms with E-state index < -0.39 is 23.8 Å². The molecule has 0 bridgehead atoms. The average Bonchev–Trinajstić information content (AvgIpc) is 2.72. The van der Waals surface area contributed by atoms with Crippen LogP contribution in [0.1, 0.15) is 84.9 Å². The topological polar surface area (TPSA) is 108 Å². The minimum absolute atomic E-state index is 0.119. The molecule has 0 spiro atoms. The highest BCUT2D eigenvalue weighted by Crippen LogP contribution is 2.28. The second-order valence-corrected chi connectivity index (χ2v) is 9.99. The molecule has 0 heterocycles. The highest BCUT2D eigenvalue weighted by Gasteiger charge is 2.37. The molecule has 0 aliphatic heterocycles. The van der Waals surface area contributed by atoms with Crippen LogP contribution in [0.3, 0.4) is 0 Å². The molecule has 1 aromatic carbocycles. The summed E-state index contributed by atoms with van der Waals surface area (Å²) in [5.74, 6) is -0.761. The molecule has 3 N–H and O–H groups in total. The van der Waals surface area contributed by atoms with E-state index >= 15 is 0 Å². The average molecular weight is 478 g/mol. The first-order valence-corrected chi connectivity index (χ1v) is 12.2. The largest absolute Gasteiger partial charge is 0.508 e. The Balaban J connectivity index is 3.40. The smallest absolute Gasteiger partial charge is 0.408 e. The molecule has 2 unspecified atom stereocenters. The lowest BCUT2D eigenvalue weighted by molar-refractivity contribution is -0.143. The number of rotatable bonds is 11. The summed E-state index contributed by atoms with van der Waals surface area (Å²) >= 11 is 0. The van der Waals surface area contributed by atoms with Crippen molar-refractivity contribution in [2.75, 3.05) is 13.1 Å². The van der Waals surface area contributed by atoms with Gasteiger partial charge in [-0.25, -0.2) is 4.79 Å². The van der Waals surface area contributed by atoms with E-state index in [1.807, 2.05) is 27.7 Å². The highest BCUT2D eigenvalue weighted by atomic mass is 16.6. The van der Waals surface area contributed by atoms with Crippen LogP contribution in [0.5, 0.6) is 5.75 Å². The number of nitrogens with zero attached hydrogens (tertiary/aromatic N) is 1. The molecule has 0 aromatic heterocycles. The number of phenolic OH excluding ortho intramolecular Hbond substituents is 1. The number of aryl methyl sites for hydroxylation is 1. The van der Waals surface area contributed by atoms with Crippen LogP contribution in [0.25, 0.3) is 0 Å². The Morgan fingerprint density at radius 3 is 2.26 bits per heavy atom. The van der Waals surface area contributed by atoms with Gasteiger partial charge in [0, 0.05) is 13.1 Å². The van der Waals surface area contributed by atoms with Crippen LogP contribution in [0, 0.1) is 12.8 Å². The molecule has 1 aromatic rings. The first kappa shape index (κ1) is 29.3. The van der Waals surface area contributed by atoms with Crippen LogP contribution in [-0.2, 0) is 14.3 Å². The van der Waals surface area contributed by atoms with Crippen molar-refractivity contribution in [2.24, 2.45) is 5.92 Å². The van der Waals surface area contributed by atoms with E-state index in [9.17, 15) is 19.5 Å². The van der Waals surface area contributed by atoms with Crippen molar-refractivity contribution in [3.8, 4) is 5.75 Å². The number of hydrogen-bond acceptors (Lipinski definition) is 5. The Bertz CT molecular complexity index is 832. The molecule has 0 saturated heterocycles. The second kappa shape index (κ2) is 13.2. The second-order valence-electron chi connectivity index (χ2n) is 9.99. The van der Waals surface area contributed by atoms with Crippen molar-refractivity contribution in [3.63, 3.8) is 0 Å². The van der Waals surface area contributed by atoms with E-state index in [1.54, 1.807) is 39.8 Å². The zero-order chi connectivity index (χ0) is 26.1. The lowest BCUT2D eigenvalue weighted by Crippen LogP contribution is -2.55. The maximum atomic E-state index is 13.8. The summed E-state index contributed by atoms with van der Waals surface area (Å²) in [7, 11) is 0. The number of ether oxygens (including phenoxy) is 1. The Morgan fingerprint density at radius 2 is 1.76 bits per heavy atom. The molecule has 3 amide bonds. The molecule has 8 nitrogen and oxygen atoms in total. The summed E-state index contributed by atoms with van der Waals surface area (Å²) in [6.07, 6.45) is 1.69. The number of alkyl carbamates (subject to hydrolysis) is 1. The Labute approximate surface area is 204 Å². The van der Waals surface area contributed by atoms with E-state index in [0.717, 1.165) is 12.8 Å².